The van der Waals surface area contributed by atoms with E-state index in [-0.39, 0.29) is 5.82 Å². The maximum atomic E-state index is 12.8. The smallest absolute Gasteiger partial charge is 0.191 e. The minimum atomic E-state index is -0.253. The Labute approximate surface area is 142 Å². The summed E-state index contributed by atoms with van der Waals surface area (Å²) in [4.78, 5) is 1.12. The summed E-state index contributed by atoms with van der Waals surface area (Å²) >= 11 is 3.31. The van der Waals surface area contributed by atoms with Crippen LogP contribution in [0.4, 0.5) is 4.39 Å². The summed E-state index contributed by atoms with van der Waals surface area (Å²) in [5, 5.41) is 11.4. The van der Waals surface area contributed by atoms with E-state index in [1.54, 1.807) is 35.2 Å². The van der Waals surface area contributed by atoms with Crippen molar-refractivity contribution in [3.8, 4) is 16.5 Å². The molecule has 0 bridgehead atoms. The number of rotatable bonds is 7. The summed E-state index contributed by atoms with van der Waals surface area (Å²) in [5.74, 6) is 2.22. The molecule has 2 aromatic heterocycles. The highest BCUT2D eigenvalue weighted by atomic mass is 32.2. The molecule has 4 nitrogen and oxygen atoms in total. The van der Waals surface area contributed by atoms with Crippen LogP contribution in [0.2, 0.25) is 0 Å². The normalized spacial score (nSPS) is 10.9. The van der Waals surface area contributed by atoms with E-state index in [1.165, 1.54) is 12.1 Å². The van der Waals surface area contributed by atoms with Crippen LogP contribution in [0.3, 0.4) is 0 Å². The third kappa shape index (κ3) is 4.11. The van der Waals surface area contributed by atoms with Gasteiger partial charge in [-0.25, -0.2) is 4.39 Å². The van der Waals surface area contributed by atoms with Gasteiger partial charge in [0.15, 0.2) is 11.0 Å². The second kappa shape index (κ2) is 7.61. The van der Waals surface area contributed by atoms with Gasteiger partial charge in [-0.1, -0.05) is 17.8 Å². The number of thioether (sulfide) groups is 1. The Morgan fingerprint density at radius 3 is 2.78 bits per heavy atom. The predicted molar refractivity (Wildman–Crippen MR) is 91.6 cm³/mol. The van der Waals surface area contributed by atoms with Gasteiger partial charge >= 0.3 is 0 Å². The third-order valence-corrected chi connectivity index (χ3v) is 5.15. The van der Waals surface area contributed by atoms with Crippen molar-refractivity contribution in [1.82, 2.24) is 14.8 Å². The summed E-state index contributed by atoms with van der Waals surface area (Å²) in [7, 11) is 1.98. The lowest BCUT2D eigenvalue weighted by molar-refractivity contribution is 0.318. The van der Waals surface area contributed by atoms with Crippen molar-refractivity contribution in [3.63, 3.8) is 0 Å². The fraction of sp³-hybridized carbons (Fsp3) is 0.250. The fourth-order valence-electron chi connectivity index (χ4n) is 2.00. The molecule has 0 N–H and O–H groups in total. The Bertz CT molecular complexity index is 741. The highest BCUT2D eigenvalue weighted by molar-refractivity contribution is 7.99. The lowest BCUT2D eigenvalue weighted by Crippen LogP contribution is -2.00. The number of hydrogen-bond acceptors (Lipinski definition) is 5. The van der Waals surface area contributed by atoms with Gasteiger partial charge in [-0.05, 0) is 42.1 Å². The summed E-state index contributed by atoms with van der Waals surface area (Å²) in [6.07, 6.45) is 0.878. The van der Waals surface area contributed by atoms with Crippen LogP contribution >= 0.6 is 23.1 Å². The molecule has 0 atom stereocenters. The highest BCUT2D eigenvalue weighted by Gasteiger charge is 2.11. The second-order valence-electron chi connectivity index (χ2n) is 4.85. The van der Waals surface area contributed by atoms with Crippen LogP contribution in [0.5, 0.6) is 5.75 Å². The zero-order valence-corrected chi connectivity index (χ0v) is 14.2. The molecule has 1 aromatic carbocycles. The fourth-order valence-corrected chi connectivity index (χ4v) is 3.57. The van der Waals surface area contributed by atoms with Gasteiger partial charge in [-0.15, -0.1) is 21.5 Å². The molecule has 3 aromatic rings. The number of aromatic nitrogens is 3. The van der Waals surface area contributed by atoms with Gasteiger partial charge in [0.1, 0.15) is 11.6 Å². The lowest BCUT2D eigenvalue weighted by atomic mass is 10.3. The van der Waals surface area contributed by atoms with Gasteiger partial charge in [0.25, 0.3) is 0 Å². The Morgan fingerprint density at radius 2 is 2.04 bits per heavy atom. The van der Waals surface area contributed by atoms with Crippen LogP contribution in [-0.4, -0.2) is 27.1 Å². The van der Waals surface area contributed by atoms with Crippen LogP contribution in [0.15, 0.2) is 46.9 Å². The molecule has 0 fully saturated rings. The monoisotopic (exact) mass is 349 g/mol. The van der Waals surface area contributed by atoms with Crippen molar-refractivity contribution in [3.05, 3.63) is 47.6 Å². The van der Waals surface area contributed by atoms with Crippen molar-refractivity contribution >= 4 is 23.1 Å². The number of ether oxygens (including phenoxy) is 1. The summed E-state index contributed by atoms with van der Waals surface area (Å²) in [6.45, 7) is 0.592. The topological polar surface area (TPSA) is 39.9 Å². The first-order valence-electron chi connectivity index (χ1n) is 7.18. The zero-order valence-electron chi connectivity index (χ0n) is 12.6. The predicted octanol–water partition coefficient (Wildman–Crippen LogP) is 4.24. The first kappa shape index (κ1) is 16.0. The van der Waals surface area contributed by atoms with Gasteiger partial charge in [-0.3, -0.25) is 0 Å². The molecular weight excluding hydrogens is 333 g/mol. The van der Waals surface area contributed by atoms with E-state index < -0.39 is 0 Å². The molecule has 120 valence electrons. The van der Waals surface area contributed by atoms with E-state index >= 15 is 0 Å². The van der Waals surface area contributed by atoms with Gasteiger partial charge in [0, 0.05) is 12.8 Å². The molecule has 23 heavy (non-hydrogen) atoms. The number of benzene rings is 1. The number of halogens is 1. The molecule has 0 aliphatic heterocycles. The molecule has 0 radical (unpaired) electrons. The molecule has 7 heteroatoms. The highest BCUT2D eigenvalue weighted by Crippen LogP contribution is 2.26. The molecule has 0 saturated carbocycles. The van der Waals surface area contributed by atoms with E-state index in [4.69, 9.17) is 4.74 Å². The van der Waals surface area contributed by atoms with Crippen LogP contribution < -0.4 is 4.74 Å². The van der Waals surface area contributed by atoms with Crippen molar-refractivity contribution in [1.29, 1.82) is 0 Å². The summed E-state index contributed by atoms with van der Waals surface area (Å²) in [5.41, 5.74) is 0. The average Bonchev–Trinajstić information content (AvgIpc) is 3.19. The molecule has 3 rings (SSSR count). The standard InChI is InChI=1S/C16H16FN3OS2/c1-20-15(14-4-2-10-22-14)18-19-16(20)23-11-3-9-21-13-7-5-12(17)6-8-13/h2,4-8,10H,3,9,11H2,1H3. The van der Waals surface area contributed by atoms with Gasteiger partial charge in [0.2, 0.25) is 0 Å². The molecule has 2 heterocycles. The van der Waals surface area contributed by atoms with Crippen LogP contribution in [0.1, 0.15) is 6.42 Å². The molecule has 0 spiro atoms. The average molecular weight is 349 g/mol. The maximum absolute atomic E-state index is 12.8. The third-order valence-electron chi connectivity index (χ3n) is 3.18. The van der Waals surface area contributed by atoms with Crippen LogP contribution in [0, 0.1) is 5.82 Å². The van der Waals surface area contributed by atoms with Crippen molar-refractivity contribution in [2.75, 3.05) is 12.4 Å². The number of thiophene rings is 1. The molecule has 0 unspecified atom stereocenters. The Hall–Kier alpha value is -1.86. The quantitative estimate of drug-likeness (QED) is 0.472. The summed E-state index contributed by atoms with van der Waals surface area (Å²) < 4.78 is 20.4. The minimum absolute atomic E-state index is 0.253. The zero-order chi connectivity index (χ0) is 16.1. The Kier molecular flexibility index (Phi) is 5.30. The number of hydrogen-bond donors (Lipinski definition) is 0. The molecule has 0 aliphatic rings. The minimum Gasteiger partial charge on any atom is -0.494 e. The Balaban J connectivity index is 1.45. The Morgan fingerprint density at radius 1 is 1.22 bits per heavy atom. The van der Waals surface area contributed by atoms with Gasteiger partial charge < -0.3 is 9.30 Å². The molecule has 0 aliphatic carbocycles. The molecule has 0 saturated heterocycles. The second-order valence-corrected chi connectivity index (χ2v) is 6.86. The van der Waals surface area contributed by atoms with E-state index in [1.807, 2.05) is 29.1 Å². The van der Waals surface area contributed by atoms with E-state index in [2.05, 4.69) is 10.2 Å². The first-order valence-corrected chi connectivity index (χ1v) is 9.05. The first-order chi connectivity index (χ1) is 11.2. The molecule has 0 amide bonds. The molecular formula is C16H16FN3OS2. The van der Waals surface area contributed by atoms with Crippen molar-refractivity contribution < 1.29 is 9.13 Å². The van der Waals surface area contributed by atoms with Crippen molar-refractivity contribution in [2.45, 2.75) is 11.6 Å². The van der Waals surface area contributed by atoms with Crippen LogP contribution in [0.25, 0.3) is 10.7 Å². The van der Waals surface area contributed by atoms with E-state index in [9.17, 15) is 4.39 Å². The summed E-state index contributed by atoms with van der Waals surface area (Å²) in [6, 6.07) is 10.1. The van der Waals surface area contributed by atoms with E-state index in [0.717, 1.165) is 28.0 Å². The van der Waals surface area contributed by atoms with Gasteiger partial charge in [0.05, 0.1) is 11.5 Å². The van der Waals surface area contributed by atoms with Gasteiger partial charge in [-0.2, -0.15) is 0 Å². The lowest BCUT2D eigenvalue weighted by Gasteiger charge is -2.06. The van der Waals surface area contributed by atoms with E-state index in [0.29, 0.717) is 12.4 Å². The van der Waals surface area contributed by atoms with Crippen molar-refractivity contribution in [2.24, 2.45) is 7.05 Å². The largest absolute Gasteiger partial charge is 0.494 e. The van der Waals surface area contributed by atoms with Crippen LogP contribution in [-0.2, 0) is 7.05 Å². The maximum Gasteiger partial charge on any atom is 0.191 e. The SMILES string of the molecule is Cn1c(SCCCOc2ccc(F)cc2)nnc1-c1cccs1. The number of nitrogens with zero attached hydrogens (tertiary/aromatic N) is 3.